The first-order valence-electron chi connectivity index (χ1n) is 7.25. The standard InChI is InChI=1S/C15H24N4OS/c1-5-10(3)19(4)8-7-18-15-11(9-16)13(17)14(21-15)12(20)6-2/h10,18H,5-8,17H2,1-4H3. The summed E-state index contributed by atoms with van der Waals surface area (Å²) in [4.78, 5) is 14.6. The molecule has 0 bridgehead atoms. The molecule has 0 aliphatic carbocycles. The number of nitrogens with two attached hydrogens (primary N) is 1. The summed E-state index contributed by atoms with van der Waals surface area (Å²) in [6, 6.07) is 2.61. The number of hydrogen-bond acceptors (Lipinski definition) is 6. The molecular weight excluding hydrogens is 284 g/mol. The number of nitrogens with zero attached hydrogens (tertiary/aromatic N) is 2. The van der Waals surface area contributed by atoms with Gasteiger partial charge in [0, 0.05) is 25.6 Å². The van der Waals surface area contributed by atoms with Crippen molar-refractivity contribution in [3.8, 4) is 6.07 Å². The Morgan fingerprint density at radius 3 is 2.71 bits per heavy atom. The number of likely N-dealkylation sites (N-methyl/N-ethyl adjacent to an activating group) is 1. The van der Waals surface area contributed by atoms with Gasteiger partial charge in [0.15, 0.2) is 5.78 Å². The highest BCUT2D eigenvalue weighted by atomic mass is 32.1. The lowest BCUT2D eigenvalue weighted by atomic mass is 10.2. The Morgan fingerprint density at radius 1 is 1.52 bits per heavy atom. The molecule has 1 aromatic heterocycles. The van der Waals surface area contributed by atoms with E-state index in [1.165, 1.54) is 11.3 Å². The van der Waals surface area contributed by atoms with E-state index in [1.54, 1.807) is 6.92 Å². The van der Waals surface area contributed by atoms with Crippen molar-refractivity contribution in [3.05, 3.63) is 10.4 Å². The molecule has 0 saturated heterocycles. The highest BCUT2D eigenvalue weighted by molar-refractivity contribution is 7.19. The quantitative estimate of drug-likeness (QED) is 0.722. The van der Waals surface area contributed by atoms with Gasteiger partial charge in [0.25, 0.3) is 0 Å². The number of nitrogens with one attached hydrogen (secondary N) is 1. The first kappa shape index (κ1) is 17.5. The zero-order valence-corrected chi connectivity index (χ0v) is 14.0. The Morgan fingerprint density at radius 2 is 2.19 bits per heavy atom. The average Bonchev–Trinajstić information content (AvgIpc) is 2.81. The van der Waals surface area contributed by atoms with Gasteiger partial charge >= 0.3 is 0 Å². The zero-order valence-electron chi connectivity index (χ0n) is 13.2. The molecule has 0 radical (unpaired) electrons. The molecule has 0 spiro atoms. The van der Waals surface area contributed by atoms with E-state index in [-0.39, 0.29) is 5.78 Å². The van der Waals surface area contributed by atoms with Crippen molar-refractivity contribution in [3.63, 3.8) is 0 Å². The summed E-state index contributed by atoms with van der Waals surface area (Å²) in [5.74, 6) is -0.0150. The number of carbonyl (C=O) groups is 1. The van der Waals surface area contributed by atoms with Crippen LogP contribution in [0.5, 0.6) is 0 Å². The third kappa shape index (κ3) is 4.19. The number of Topliss-reactive ketones (excluding diaryl/α,β-unsaturated/α-hetero) is 1. The van der Waals surface area contributed by atoms with Gasteiger partial charge in [-0.2, -0.15) is 5.26 Å². The van der Waals surface area contributed by atoms with Crippen LogP contribution in [0.15, 0.2) is 0 Å². The van der Waals surface area contributed by atoms with Gasteiger partial charge in [-0.3, -0.25) is 4.79 Å². The van der Waals surface area contributed by atoms with Gasteiger partial charge in [-0.1, -0.05) is 13.8 Å². The molecule has 21 heavy (non-hydrogen) atoms. The van der Waals surface area contributed by atoms with E-state index in [0.717, 1.165) is 19.5 Å². The van der Waals surface area contributed by atoms with Crippen LogP contribution in [0.4, 0.5) is 10.7 Å². The molecule has 1 atom stereocenters. The summed E-state index contributed by atoms with van der Waals surface area (Å²) in [6.07, 6.45) is 1.49. The fraction of sp³-hybridized carbons (Fsp3) is 0.600. The zero-order chi connectivity index (χ0) is 16.0. The Balaban J connectivity index is 2.76. The number of thiophene rings is 1. The molecule has 0 saturated carbocycles. The van der Waals surface area contributed by atoms with Crippen molar-refractivity contribution in [2.75, 3.05) is 31.2 Å². The second-order valence-corrected chi connectivity index (χ2v) is 6.12. The van der Waals surface area contributed by atoms with E-state index in [0.29, 0.717) is 33.6 Å². The lowest BCUT2D eigenvalue weighted by Crippen LogP contribution is -2.32. The molecule has 1 rings (SSSR count). The van der Waals surface area contributed by atoms with Gasteiger partial charge in [-0.15, -0.1) is 11.3 Å². The molecule has 0 fully saturated rings. The maximum atomic E-state index is 11.8. The number of carbonyl (C=O) groups excluding carboxylic acids is 1. The summed E-state index contributed by atoms with van der Waals surface area (Å²) in [5, 5.41) is 13.2. The van der Waals surface area contributed by atoms with E-state index in [4.69, 9.17) is 5.73 Å². The number of anilines is 2. The third-order valence-electron chi connectivity index (χ3n) is 3.72. The van der Waals surface area contributed by atoms with Crippen molar-refractivity contribution in [1.29, 1.82) is 5.26 Å². The van der Waals surface area contributed by atoms with Crippen molar-refractivity contribution in [1.82, 2.24) is 4.90 Å². The van der Waals surface area contributed by atoms with E-state index >= 15 is 0 Å². The average molecular weight is 308 g/mol. The normalized spacial score (nSPS) is 12.2. The Labute approximate surface area is 130 Å². The molecule has 0 aromatic carbocycles. The molecule has 0 amide bonds. The van der Waals surface area contributed by atoms with Crippen LogP contribution in [0.3, 0.4) is 0 Å². The second-order valence-electron chi connectivity index (χ2n) is 5.10. The molecule has 116 valence electrons. The maximum absolute atomic E-state index is 11.8. The van der Waals surface area contributed by atoms with E-state index < -0.39 is 0 Å². The molecule has 3 N–H and O–H groups in total. The van der Waals surface area contributed by atoms with Gasteiger partial charge in [-0.25, -0.2) is 0 Å². The van der Waals surface area contributed by atoms with Gasteiger partial charge in [-0.05, 0) is 20.4 Å². The monoisotopic (exact) mass is 308 g/mol. The van der Waals surface area contributed by atoms with Crippen LogP contribution in [0.1, 0.15) is 48.8 Å². The number of rotatable bonds is 8. The van der Waals surface area contributed by atoms with Crippen LogP contribution >= 0.6 is 11.3 Å². The number of nitriles is 1. The summed E-state index contributed by atoms with van der Waals surface area (Å²) in [5.41, 5.74) is 6.61. The molecule has 0 aliphatic heterocycles. The number of nitrogen functional groups attached to an aromatic ring is 1. The smallest absolute Gasteiger partial charge is 0.174 e. The van der Waals surface area contributed by atoms with Crippen LogP contribution in [0, 0.1) is 11.3 Å². The predicted octanol–water partition coefficient (Wildman–Crippen LogP) is 2.94. The lowest BCUT2D eigenvalue weighted by Gasteiger charge is -2.23. The minimum absolute atomic E-state index is 0.0150. The Kier molecular flexibility index (Phi) is 6.66. The Bertz CT molecular complexity index is 533. The fourth-order valence-corrected chi connectivity index (χ4v) is 3.03. The summed E-state index contributed by atoms with van der Waals surface area (Å²) < 4.78 is 0. The van der Waals surface area contributed by atoms with Gasteiger partial charge < -0.3 is 16.0 Å². The molecule has 6 heteroatoms. The molecule has 5 nitrogen and oxygen atoms in total. The fourth-order valence-electron chi connectivity index (χ4n) is 1.92. The Hall–Kier alpha value is -1.58. The summed E-state index contributed by atoms with van der Waals surface area (Å²) in [6.45, 7) is 7.72. The largest absolute Gasteiger partial charge is 0.396 e. The minimum Gasteiger partial charge on any atom is -0.396 e. The molecule has 1 heterocycles. The van der Waals surface area contributed by atoms with Gasteiger partial charge in [0.05, 0.1) is 10.6 Å². The highest BCUT2D eigenvalue weighted by Crippen LogP contribution is 2.35. The van der Waals surface area contributed by atoms with Crippen molar-refractivity contribution >= 4 is 27.8 Å². The first-order chi connectivity index (χ1) is 9.96. The van der Waals surface area contributed by atoms with Gasteiger partial charge in [0.1, 0.15) is 16.6 Å². The number of hydrogen-bond donors (Lipinski definition) is 2. The molecule has 1 unspecified atom stereocenters. The van der Waals surface area contributed by atoms with Crippen molar-refractivity contribution in [2.45, 2.75) is 39.7 Å². The minimum atomic E-state index is -0.0150. The second kappa shape index (κ2) is 8.01. The van der Waals surface area contributed by atoms with E-state index in [1.807, 2.05) is 0 Å². The SMILES string of the molecule is CCC(=O)c1sc(NCCN(C)C(C)CC)c(C#N)c1N. The van der Waals surface area contributed by atoms with Crippen LogP contribution in [-0.4, -0.2) is 36.9 Å². The van der Waals surface area contributed by atoms with Crippen LogP contribution in [-0.2, 0) is 0 Å². The van der Waals surface area contributed by atoms with Crippen molar-refractivity contribution < 1.29 is 4.79 Å². The summed E-state index contributed by atoms with van der Waals surface area (Å²) >= 11 is 1.28. The third-order valence-corrected chi connectivity index (χ3v) is 4.93. The molecular formula is C15H24N4OS. The topological polar surface area (TPSA) is 82.2 Å². The first-order valence-corrected chi connectivity index (χ1v) is 8.07. The van der Waals surface area contributed by atoms with E-state index in [9.17, 15) is 10.1 Å². The molecule has 1 aromatic rings. The van der Waals surface area contributed by atoms with Crippen molar-refractivity contribution in [2.24, 2.45) is 0 Å². The number of ketones is 1. The van der Waals surface area contributed by atoms with Crippen LogP contribution in [0.2, 0.25) is 0 Å². The van der Waals surface area contributed by atoms with Crippen LogP contribution < -0.4 is 11.1 Å². The highest BCUT2D eigenvalue weighted by Gasteiger charge is 2.19. The summed E-state index contributed by atoms with van der Waals surface area (Å²) in [7, 11) is 2.08. The maximum Gasteiger partial charge on any atom is 0.174 e. The van der Waals surface area contributed by atoms with E-state index in [2.05, 4.69) is 37.2 Å². The van der Waals surface area contributed by atoms with Crippen LogP contribution in [0.25, 0.3) is 0 Å². The van der Waals surface area contributed by atoms with Gasteiger partial charge in [0.2, 0.25) is 0 Å². The predicted molar refractivity (Wildman–Crippen MR) is 88.9 cm³/mol. The lowest BCUT2D eigenvalue weighted by molar-refractivity contribution is 0.0993. The molecule has 0 aliphatic rings.